The van der Waals surface area contributed by atoms with E-state index in [0.29, 0.717) is 6.04 Å². The standard InChI is InChI=1S/C21H24N4O/c1-16-11-19(23-15-22-16)24-18-12-21(13-18)9-10-25(14-21)20(26)8-7-17-5-3-2-4-6-17/h2-8,11,15,18H,9-10,12-14H2,1H3,(H,22,23,24)/b8-7+. The molecule has 26 heavy (non-hydrogen) atoms. The smallest absolute Gasteiger partial charge is 0.246 e. The van der Waals surface area contributed by atoms with Crippen LogP contribution in [0.5, 0.6) is 0 Å². The molecule has 0 radical (unpaired) electrons. The molecular formula is C21H24N4O. The van der Waals surface area contributed by atoms with Gasteiger partial charge in [0.05, 0.1) is 0 Å². The summed E-state index contributed by atoms with van der Waals surface area (Å²) in [5.41, 5.74) is 2.32. The lowest BCUT2D eigenvalue weighted by atomic mass is 9.65. The van der Waals surface area contributed by atoms with Crippen molar-refractivity contribution in [2.75, 3.05) is 18.4 Å². The molecule has 4 rings (SSSR count). The number of anilines is 1. The molecule has 1 aliphatic heterocycles. The number of aromatic nitrogens is 2. The summed E-state index contributed by atoms with van der Waals surface area (Å²) in [5, 5.41) is 3.49. The molecule has 1 N–H and O–H groups in total. The Labute approximate surface area is 154 Å². The highest BCUT2D eigenvalue weighted by atomic mass is 16.2. The van der Waals surface area contributed by atoms with Gasteiger partial charge in [-0.2, -0.15) is 0 Å². The van der Waals surface area contributed by atoms with Crippen LogP contribution < -0.4 is 5.32 Å². The highest BCUT2D eigenvalue weighted by Gasteiger charge is 2.49. The van der Waals surface area contributed by atoms with Gasteiger partial charge in [0.25, 0.3) is 0 Å². The number of hydrogen-bond donors (Lipinski definition) is 1. The fourth-order valence-electron chi connectivity index (χ4n) is 4.12. The number of rotatable bonds is 4. The zero-order valence-electron chi connectivity index (χ0n) is 15.1. The summed E-state index contributed by atoms with van der Waals surface area (Å²) in [5.74, 6) is 1.02. The summed E-state index contributed by atoms with van der Waals surface area (Å²) in [6, 6.07) is 12.4. The predicted octanol–water partition coefficient (Wildman–Crippen LogP) is 3.29. The van der Waals surface area contributed by atoms with Crippen molar-refractivity contribution >= 4 is 17.8 Å². The van der Waals surface area contributed by atoms with E-state index in [4.69, 9.17) is 0 Å². The van der Waals surface area contributed by atoms with E-state index in [1.54, 1.807) is 12.4 Å². The fraction of sp³-hybridized carbons (Fsp3) is 0.381. The highest BCUT2D eigenvalue weighted by molar-refractivity contribution is 5.92. The molecule has 0 bridgehead atoms. The normalized spacial score (nSPS) is 24.8. The van der Waals surface area contributed by atoms with Gasteiger partial charge in [0.1, 0.15) is 12.1 Å². The molecule has 1 saturated carbocycles. The summed E-state index contributed by atoms with van der Waals surface area (Å²) < 4.78 is 0. The van der Waals surface area contributed by atoms with Gasteiger partial charge in [-0.05, 0) is 43.2 Å². The van der Waals surface area contributed by atoms with Crippen molar-refractivity contribution in [3.8, 4) is 0 Å². The lowest BCUT2D eigenvalue weighted by Crippen LogP contribution is -2.47. The number of nitrogens with zero attached hydrogens (tertiary/aromatic N) is 3. The quantitative estimate of drug-likeness (QED) is 0.862. The van der Waals surface area contributed by atoms with Gasteiger partial charge in [0, 0.05) is 37.0 Å². The molecule has 1 aliphatic carbocycles. The zero-order valence-corrected chi connectivity index (χ0v) is 15.1. The Bertz CT molecular complexity index is 812. The van der Waals surface area contributed by atoms with Crippen LogP contribution in [0, 0.1) is 12.3 Å². The monoisotopic (exact) mass is 348 g/mol. The third kappa shape index (κ3) is 3.62. The number of aryl methyl sites for hydroxylation is 1. The Morgan fingerprint density at radius 2 is 2.08 bits per heavy atom. The number of carbonyl (C=O) groups excluding carboxylic acids is 1. The Hall–Kier alpha value is -2.69. The molecule has 1 saturated heterocycles. The van der Waals surface area contributed by atoms with Crippen molar-refractivity contribution < 1.29 is 4.79 Å². The second kappa shape index (κ2) is 6.90. The minimum Gasteiger partial charge on any atom is -0.367 e. The first-order valence-electron chi connectivity index (χ1n) is 9.19. The van der Waals surface area contributed by atoms with Gasteiger partial charge in [0.15, 0.2) is 0 Å². The van der Waals surface area contributed by atoms with E-state index in [1.807, 2.05) is 54.3 Å². The molecule has 2 aliphatic rings. The van der Waals surface area contributed by atoms with Crippen LogP contribution in [0.4, 0.5) is 5.82 Å². The van der Waals surface area contributed by atoms with Crippen LogP contribution in [0.25, 0.3) is 6.08 Å². The van der Waals surface area contributed by atoms with Crippen LogP contribution in [-0.4, -0.2) is 39.9 Å². The molecule has 2 fully saturated rings. The van der Waals surface area contributed by atoms with E-state index in [1.165, 1.54) is 0 Å². The minimum absolute atomic E-state index is 0.119. The molecule has 5 nitrogen and oxygen atoms in total. The first kappa shape index (κ1) is 16.8. The number of carbonyl (C=O) groups is 1. The van der Waals surface area contributed by atoms with Crippen LogP contribution in [0.3, 0.4) is 0 Å². The number of hydrogen-bond acceptors (Lipinski definition) is 4. The van der Waals surface area contributed by atoms with E-state index >= 15 is 0 Å². The van der Waals surface area contributed by atoms with Gasteiger partial charge in [-0.15, -0.1) is 0 Å². The van der Waals surface area contributed by atoms with Crippen LogP contribution in [-0.2, 0) is 4.79 Å². The van der Waals surface area contributed by atoms with Crippen LogP contribution in [0.2, 0.25) is 0 Å². The van der Waals surface area contributed by atoms with E-state index < -0.39 is 0 Å². The largest absolute Gasteiger partial charge is 0.367 e. The van der Waals surface area contributed by atoms with Gasteiger partial charge in [0.2, 0.25) is 5.91 Å². The lowest BCUT2D eigenvalue weighted by Gasteiger charge is -2.45. The van der Waals surface area contributed by atoms with Crippen LogP contribution >= 0.6 is 0 Å². The van der Waals surface area contributed by atoms with E-state index in [-0.39, 0.29) is 11.3 Å². The Morgan fingerprint density at radius 3 is 2.85 bits per heavy atom. The molecule has 1 amide bonds. The lowest BCUT2D eigenvalue weighted by molar-refractivity contribution is -0.125. The molecular weight excluding hydrogens is 324 g/mol. The van der Waals surface area contributed by atoms with Crippen molar-refractivity contribution in [3.63, 3.8) is 0 Å². The molecule has 1 aromatic heterocycles. The maximum absolute atomic E-state index is 12.5. The van der Waals surface area contributed by atoms with Gasteiger partial charge in [-0.3, -0.25) is 4.79 Å². The zero-order chi connectivity index (χ0) is 18.0. The van der Waals surface area contributed by atoms with Gasteiger partial charge in [-0.25, -0.2) is 9.97 Å². The first-order chi connectivity index (χ1) is 12.6. The SMILES string of the molecule is Cc1cc(NC2CC3(CCN(C(=O)/C=C/c4ccccc4)C3)C2)ncn1. The first-order valence-corrected chi connectivity index (χ1v) is 9.19. The number of likely N-dealkylation sites (tertiary alicyclic amines) is 1. The summed E-state index contributed by atoms with van der Waals surface area (Å²) in [6.07, 6.45) is 8.49. The molecule has 0 atom stereocenters. The molecule has 2 heterocycles. The molecule has 134 valence electrons. The topological polar surface area (TPSA) is 58.1 Å². The summed E-state index contributed by atoms with van der Waals surface area (Å²) in [6.45, 7) is 3.70. The van der Waals surface area contributed by atoms with Crippen LogP contribution in [0.15, 0.2) is 48.8 Å². The number of benzene rings is 1. The van der Waals surface area contributed by atoms with Crippen molar-refractivity contribution in [1.29, 1.82) is 0 Å². The predicted molar refractivity (Wildman–Crippen MR) is 103 cm³/mol. The third-order valence-corrected chi connectivity index (χ3v) is 5.48. The molecule has 5 heteroatoms. The Balaban J connectivity index is 1.29. The van der Waals surface area contributed by atoms with Gasteiger partial charge < -0.3 is 10.2 Å². The van der Waals surface area contributed by atoms with Crippen molar-refractivity contribution in [1.82, 2.24) is 14.9 Å². The van der Waals surface area contributed by atoms with Crippen LogP contribution in [0.1, 0.15) is 30.5 Å². The maximum Gasteiger partial charge on any atom is 0.246 e. The highest BCUT2D eigenvalue weighted by Crippen LogP contribution is 2.49. The minimum atomic E-state index is 0.119. The number of amides is 1. The second-order valence-electron chi connectivity index (χ2n) is 7.55. The number of nitrogens with one attached hydrogen (secondary N) is 1. The Morgan fingerprint density at radius 1 is 1.27 bits per heavy atom. The average Bonchev–Trinajstić information content (AvgIpc) is 3.06. The molecule has 2 aromatic rings. The average molecular weight is 348 g/mol. The van der Waals surface area contributed by atoms with Crippen molar-refractivity contribution in [2.45, 2.75) is 32.2 Å². The molecule has 1 spiro atoms. The third-order valence-electron chi connectivity index (χ3n) is 5.48. The van der Waals surface area contributed by atoms with Gasteiger partial charge >= 0.3 is 0 Å². The summed E-state index contributed by atoms with van der Waals surface area (Å²) in [4.78, 5) is 22.9. The van der Waals surface area contributed by atoms with Gasteiger partial charge in [-0.1, -0.05) is 30.3 Å². The molecule has 1 aromatic carbocycles. The summed E-state index contributed by atoms with van der Waals surface area (Å²) in [7, 11) is 0. The van der Waals surface area contributed by atoms with E-state index in [9.17, 15) is 4.79 Å². The van der Waals surface area contributed by atoms with Crippen molar-refractivity contribution in [3.05, 3.63) is 60.1 Å². The van der Waals surface area contributed by atoms with E-state index in [0.717, 1.165) is 49.4 Å². The fourth-order valence-corrected chi connectivity index (χ4v) is 4.12. The Kier molecular flexibility index (Phi) is 4.45. The second-order valence-corrected chi connectivity index (χ2v) is 7.55. The van der Waals surface area contributed by atoms with Crippen molar-refractivity contribution in [2.24, 2.45) is 5.41 Å². The summed E-state index contributed by atoms with van der Waals surface area (Å²) >= 11 is 0. The van der Waals surface area contributed by atoms with E-state index in [2.05, 4.69) is 15.3 Å². The maximum atomic E-state index is 12.5. The molecule has 0 unspecified atom stereocenters.